The topological polar surface area (TPSA) is 61.9 Å². The van der Waals surface area contributed by atoms with E-state index in [-0.39, 0.29) is 11.8 Å². The molecule has 1 aliphatic heterocycles. The van der Waals surface area contributed by atoms with Crippen LogP contribution in [0.25, 0.3) is 11.1 Å². The normalized spacial score (nSPS) is 12.5. The maximum atomic E-state index is 13.6. The molecule has 1 N–H and O–H groups in total. The van der Waals surface area contributed by atoms with Gasteiger partial charge in [0.15, 0.2) is 0 Å². The first kappa shape index (κ1) is 27.4. The summed E-state index contributed by atoms with van der Waals surface area (Å²) in [7, 11) is 4.17. The van der Waals surface area contributed by atoms with Gasteiger partial charge in [0.2, 0.25) is 5.91 Å². The molecule has 6 heteroatoms. The van der Waals surface area contributed by atoms with Gasteiger partial charge in [-0.25, -0.2) is 0 Å². The maximum absolute atomic E-state index is 13.6. The molecule has 0 saturated carbocycles. The van der Waals surface area contributed by atoms with Crippen molar-refractivity contribution >= 4 is 17.5 Å². The first-order valence-electron chi connectivity index (χ1n) is 13.5. The third kappa shape index (κ3) is 6.43. The number of ether oxygens (including phenoxy) is 1. The summed E-state index contributed by atoms with van der Waals surface area (Å²) < 4.78 is 5.96. The van der Waals surface area contributed by atoms with Crippen molar-refractivity contribution < 1.29 is 14.3 Å². The number of rotatable bonds is 10. The van der Waals surface area contributed by atoms with Gasteiger partial charge in [0.1, 0.15) is 5.75 Å². The number of fused-ring (bicyclic) bond motifs is 1. The predicted octanol–water partition coefficient (Wildman–Crippen LogP) is 5.39. The second kappa shape index (κ2) is 12.3. The Balaban J connectivity index is 1.52. The zero-order chi connectivity index (χ0) is 27.2. The van der Waals surface area contributed by atoms with Gasteiger partial charge in [0.05, 0.1) is 6.61 Å². The highest BCUT2D eigenvalue weighted by Gasteiger charge is 2.27. The van der Waals surface area contributed by atoms with Crippen LogP contribution in [0.2, 0.25) is 0 Å². The van der Waals surface area contributed by atoms with Crippen molar-refractivity contribution in [2.45, 2.75) is 46.6 Å². The van der Waals surface area contributed by atoms with Crippen LogP contribution < -0.4 is 15.0 Å². The summed E-state index contributed by atoms with van der Waals surface area (Å²) in [6.07, 6.45) is 2.79. The Hall–Kier alpha value is -3.64. The van der Waals surface area contributed by atoms with E-state index in [1.54, 1.807) is 0 Å². The standard InChI is InChI=1S/C32H39N3O3/c1-6-38-31-20-27-15-17-35(30(27)19-28(31)8-7-16-34(4)5)32(37)26-12-10-25(11-13-26)29-14-9-24(18-22(29)2)21-33-23(3)36/h9-14,18-20H,6-8,15-17,21H2,1-5H3,(H,33,36). The third-order valence-electron chi connectivity index (χ3n) is 7.03. The van der Waals surface area contributed by atoms with Gasteiger partial charge in [-0.3, -0.25) is 9.59 Å². The smallest absolute Gasteiger partial charge is 0.258 e. The van der Waals surface area contributed by atoms with Crippen LogP contribution in [-0.4, -0.2) is 50.5 Å². The van der Waals surface area contributed by atoms with Crippen molar-refractivity contribution in [3.05, 3.63) is 82.4 Å². The van der Waals surface area contributed by atoms with Crippen molar-refractivity contribution in [3.63, 3.8) is 0 Å². The fourth-order valence-corrected chi connectivity index (χ4v) is 5.07. The average Bonchev–Trinajstić information content (AvgIpc) is 3.30. The van der Waals surface area contributed by atoms with Crippen LogP contribution in [0.15, 0.2) is 54.6 Å². The first-order chi connectivity index (χ1) is 18.3. The summed E-state index contributed by atoms with van der Waals surface area (Å²) in [4.78, 5) is 28.9. The quantitative estimate of drug-likeness (QED) is 0.395. The van der Waals surface area contributed by atoms with E-state index in [2.05, 4.69) is 55.5 Å². The minimum Gasteiger partial charge on any atom is -0.494 e. The molecule has 0 aromatic heterocycles. The zero-order valence-corrected chi connectivity index (χ0v) is 23.3. The fraction of sp³-hybridized carbons (Fsp3) is 0.375. The Bertz CT molecular complexity index is 1300. The molecule has 2 amide bonds. The van der Waals surface area contributed by atoms with Crippen LogP contribution in [0.5, 0.6) is 5.75 Å². The highest BCUT2D eigenvalue weighted by Crippen LogP contribution is 2.36. The maximum Gasteiger partial charge on any atom is 0.258 e. The van der Waals surface area contributed by atoms with E-state index in [4.69, 9.17) is 4.74 Å². The van der Waals surface area contributed by atoms with Gasteiger partial charge in [-0.1, -0.05) is 30.3 Å². The summed E-state index contributed by atoms with van der Waals surface area (Å²) >= 11 is 0. The summed E-state index contributed by atoms with van der Waals surface area (Å²) in [5.41, 5.74) is 8.41. The molecule has 4 rings (SSSR count). The summed E-state index contributed by atoms with van der Waals surface area (Å²) in [6.45, 7) is 8.44. The van der Waals surface area contributed by atoms with Crippen molar-refractivity contribution in [1.82, 2.24) is 10.2 Å². The highest BCUT2D eigenvalue weighted by molar-refractivity contribution is 6.07. The molecule has 0 fully saturated rings. The first-order valence-corrected chi connectivity index (χ1v) is 13.5. The van der Waals surface area contributed by atoms with E-state index >= 15 is 0 Å². The molecule has 3 aromatic carbocycles. The number of carbonyl (C=O) groups excluding carboxylic acids is 2. The molecule has 0 saturated heterocycles. The molecule has 0 spiro atoms. The molecule has 0 atom stereocenters. The van der Waals surface area contributed by atoms with Crippen LogP contribution in [0.1, 0.15) is 52.9 Å². The van der Waals surface area contributed by atoms with Crippen molar-refractivity contribution in [2.75, 3.05) is 38.7 Å². The lowest BCUT2D eigenvalue weighted by atomic mass is 9.97. The minimum atomic E-state index is -0.0390. The van der Waals surface area contributed by atoms with Crippen molar-refractivity contribution in [2.24, 2.45) is 0 Å². The molecule has 1 aliphatic rings. The summed E-state index contributed by atoms with van der Waals surface area (Å²) in [6, 6.07) is 18.4. The molecular weight excluding hydrogens is 474 g/mol. The van der Waals surface area contributed by atoms with E-state index < -0.39 is 0 Å². The number of amides is 2. The van der Waals surface area contributed by atoms with Gasteiger partial charge in [-0.2, -0.15) is 0 Å². The van der Waals surface area contributed by atoms with E-state index in [1.165, 1.54) is 18.1 Å². The average molecular weight is 514 g/mol. The molecule has 0 aliphatic carbocycles. The number of hydrogen-bond donors (Lipinski definition) is 1. The van der Waals surface area contributed by atoms with Gasteiger partial charge < -0.3 is 19.9 Å². The SMILES string of the molecule is CCOc1cc2c(cc1CCCN(C)C)N(C(=O)c1ccc(-c3ccc(CNC(C)=O)cc3C)cc1)CC2. The van der Waals surface area contributed by atoms with Crippen LogP contribution in [0, 0.1) is 6.92 Å². The van der Waals surface area contributed by atoms with E-state index in [0.717, 1.165) is 59.5 Å². The van der Waals surface area contributed by atoms with Gasteiger partial charge in [0.25, 0.3) is 5.91 Å². The van der Waals surface area contributed by atoms with E-state index in [9.17, 15) is 9.59 Å². The third-order valence-corrected chi connectivity index (χ3v) is 7.03. The predicted molar refractivity (Wildman–Crippen MR) is 154 cm³/mol. The number of carbonyl (C=O) groups is 2. The Labute approximate surface area is 226 Å². The molecule has 38 heavy (non-hydrogen) atoms. The summed E-state index contributed by atoms with van der Waals surface area (Å²) in [5.74, 6) is 0.936. The fourth-order valence-electron chi connectivity index (χ4n) is 5.07. The molecular formula is C32H39N3O3. The van der Waals surface area contributed by atoms with Crippen LogP contribution >= 0.6 is 0 Å². The second-order valence-electron chi connectivity index (χ2n) is 10.3. The second-order valence-corrected chi connectivity index (χ2v) is 10.3. The molecule has 0 unspecified atom stereocenters. The van der Waals surface area contributed by atoms with E-state index in [0.29, 0.717) is 25.3 Å². The Morgan fingerprint density at radius 1 is 1.05 bits per heavy atom. The molecule has 3 aromatic rings. The lowest BCUT2D eigenvalue weighted by Gasteiger charge is -2.20. The molecule has 0 bridgehead atoms. The minimum absolute atomic E-state index is 0.0288. The summed E-state index contributed by atoms with van der Waals surface area (Å²) in [5, 5.41) is 2.84. The number of nitrogens with one attached hydrogen (secondary N) is 1. The Morgan fingerprint density at radius 2 is 1.82 bits per heavy atom. The lowest BCUT2D eigenvalue weighted by Crippen LogP contribution is -2.28. The van der Waals surface area contributed by atoms with Gasteiger partial charge in [-0.05, 0) is 111 Å². The lowest BCUT2D eigenvalue weighted by molar-refractivity contribution is -0.119. The van der Waals surface area contributed by atoms with E-state index in [1.807, 2.05) is 42.2 Å². The van der Waals surface area contributed by atoms with Crippen LogP contribution in [-0.2, 0) is 24.2 Å². The largest absolute Gasteiger partial charge is 0.494 e. The Kier molecular flexibility index (Phi) is 8.85. The van der Waals surface area contributed by atoms with Crippen LogP contribution in [0.3, 0.4) is 0 Å². The highest BCUT2D eigenvalue weighted by atomic mass is 16.5. The number of hydrogen-bond acceptors (Lipinski definition) is 4. The molecule has 6 nitrogen and oxygen atoms in total. The van der Waals surface area contributed by atoms with Gasteiger partial charge in [-0.15, -0.1) is 0 Å². The van der Waals surface area contributed by atoms with Crippen molar-refractivity contribution in [3.8, 4) is 16.9 Å². The number of benzene rings is 3. The number of anilines is 1. The molecule has 0 radical (unpaired) electrons. The van der Waals surface area contributed by atoms with Gasteiger partial charge in [0, 0.05) is 31.3 Å². The van der Waals surface area contributed by atoms with Crippen molar-refractivity contribution in [1.29, 1.82) is 0 Å². The number of aryl methyl sites for hydroxylation is 2. The van der Waals surface area contributed by atoms with Gasteiger partial charge >= 0.3 is 0 Å². The number of nitrogens with zero attached hydrogens (tertiary/aromatic N) is 2. The van der Waals surface area contributed by atoms with Crippen LogP contribution in [0.4, 0.5) is 5.69 Å². The molecule has 1 heterocycles. The zero-order valence-electron chi connectivity index (χ0n) is 23.3. The Morgan fingerprint density at radius 3 is 2.47 bits per heavy atom. The monoisotopic (exact) mass is 513 g/mol. The molecule has 200 valence electrons.